The zero-order chi connectivity index (χ0) is 10.3. The summed E-state index contributed by atoms with van der Waals surface area (Å²) in [6, 6.07) is 1.96. The lowest BCUT2D eigenvalue weighted by Gasteiger charge is -1.86. The van der Waals surface area contributed by atoms with Crippen molar-refractivity contribution in [3.63, 3.8) is 0 Å². The first-order chi connectivity index (χ1) is 7.34. The molecule has 0 aliphatic carbocycles. The van der Waals surface area contributed by atoms with Crippen LogP contribution < -0.4 is 10.7 Å². The number of allylic oxidation sites excluding steroid dienone is 1. The minimum atomic E-state index is 0.872. The lowest BCUT2D eigenvalue weighted by atomic mass is 10.2. The summed E-state index contributed by atoms with van der Waals surface area (Å²) in [6.45, 7) is 0. The molecule has 0 unspecified atom stereocenters. The molecule has 2 aromatic rings. The molecule has 3 heterocycles. The van der Waals surface area contributed by atoms with Crippen LogP contribution in [-0.2, 0) is 0 Å². The second kappa shape index (κ2) is 3.31. The van der Waals surface area contributed by atoms with Crippen molar-refractivity contribution in [2.24, 2.45) is 4.99 Å². The topological polar surface area (TPSA) is 41.0 Å². The number of aromatic amines is 1. The van der Waals surface area contributed by atoms with Crippen LogP contribution in [0.15, 0.2) is 34.1 Å². The van der Waals surface area contributed by atoms with E-state index in [-0.39, 0.29) is 0 Å². The molecule has 0 saturated carbocycles. The summed E-state index contributed by atoms with van der Waals surface area (Å²) < 4.78 is 0.872. The van der Waals surface area contributed by atoms with Crippen LogP contribution in [0.25, 0.3) is 17.0 Å². The van der Waals surface area contributed by atoms with Gasteiger partial charge in [-0.1, -0.05) is 6.08 Å². The Hall–Kier alpha value is -1.42. The maximum Gasteiger partial charge on any atom is 0.139 e. The van der Waals surface area contributed by atoms with Gasteiger partial charge in [0.1, 0.15) is 10.1 Å². The number of hydrogen-bond acceptors (Lipinski definition) is 2. The molecule has 0 bridgehead atoms. The molecule has 74 valence electrons. The first-order valence-electron chi connectivity index (χ1n) is 4.71. The molecule has 0 fully saturated rings. The Balaban J connectivity index is 2.51. The third kappa shape index (κ3) is 1.41. The number of hydrogen-bond donors (Lipinski definition) is 1. The number of H-pyrrole nitrogens is 1. The van der Waals surface area contributed by atoms with E-state index in [9.17, 15) is 0 Å². The lowest BCUT2D eigenvalue weighted by molar-refractivity contribution is 1.20. The maximum atomic E-state index is 4.44. The Morgan fingerprint density at radius 2 is 2.27 bits per heavy atom. The smallest absolute Gasteiger partial charge is 0.139 e. The quantitative estimate of drug-likeness (QED) is 0.720. The molecule has 15 heavy (non-hydrogen) atoms. The summed E-state index contributed by atoms with van der Waals surface area (Å²) in [4.78, 5) is 11.9. The summed E-state index contributed by atoms with van der Waals surface area (Å²) in [6.07, 6.45) is 8.74. The molecule has 0 radical (unpaired) electrons. The van der Waals surface area contributed by atoms with E-state index in [1.165, 1.54) is 0 Å². The molecular formula is C11H8BrN3. The molecule has 0 atom stereocenters. The number of fused-ring (bicyclic) bond motifs is 3. The molecule has 0 amide bonds. The third-order valence-corrected chi connectivity index (χ3v) is 2.95. The Morgan fingerprint density at radius 1 is 1.33 bits per heavy atom. The van der Waals surface area contributed by atoms with Crippen LogP contribution in [0.2, 0.25) is 0 Å². The average molecular weight is 262 g/mol. The Bertz CT molecular complexity index is 667. The summed E-state index contributed by atoms with van der Waals surface area (Å²) in [5, 5.41) is 2.27. The van der Waals surface area contributed by atoms with Gasteiger partial charge in [-0.2, -0.15) is 0 Å². The van der Waals surface area contributed by atoms with Crippen molar-refractivity contribution in [1.29, 1.82) is 0 Å². The highest BCUT2D eigenvalue weighted by Crippen LogP contribution is 2.09. The minimum Gasteiger partial charge on any atom is -0.339 e. The number of nitrogens with zero attached hydrogens (tertiary/aromatic N) is 2. The van der Waals surface area contributed by atoms with Crippen molar-refractivity contribution in [3.8, 4) is 0 Å². The van der Waals surface area contributed by atoms with Gasteiger partial charge in [-0.05, 0) is 34.5 Å². The summed E-state index contributed by atoms with van der Waals surface area (Å²) >= 11 is 3.40. The van der Waals surface area contributed by atoms with Gasteiger partial charge in [0.15, 0.2) is 0 Å². The first-order valence-corrected chi connectivity index (χ1v) is 5.50. The SMILES string of the molecule is BrC1=CCC=c2c([nH]c3ccncc23)=N1. The molecule has 1 aliphatic rings. The van der Waals surface area contributed by atoms with E-state index in [0.717, 1.165) is 32.6 Å². The van der Waals surface area contributed by atoms with Crippen LogP contribution in [0.5, 0.6) is 0 Å². The van der Waals surface area contributed by atoms with Crippen LogP contribution >= 0.6 is 15.9 Å². The van der Waals surface area contributed by atoms with Crippen LogP contribution in [0.3, 0.4) is 0 Å². The van der Waals surface area contributed by atoms with Crippen molar-refractivity contribution in [2.45, 2.75) is 6.42 Å². The van der Waals surface area contributed by atoms with Crippen LogP contribution in [-0.4, -0.2) is 9.97 Å². The lowest BCUT2D eigenvalue weighted by Crippen LogP contribution is -2.22. The van der Waals surface area contributed by atoms with Crippen LogP contribution in [0.4, 0.5) is 0 Å². The Labute approximate surface area is 94.4 Å². The molecule has 1 aliphatic heterocycles. The second-order valence-electron chi connectivity index (χ2n) is 3.39. The van der Waals surface area contributed by atoms with E-state index in [1.54, 1.807) is 6.20 Å². The molecule has 0 spiro atoms. The minimum absolute atomic E-state index is 0.872. The Morgan fingerprint density at radius 3 is 3.20 bits per heavy atom. The molecule has 1 N–H and O–H groups in total. The van der Waals surface area contributed by atoms with E-state index in [4.69, 9.17) is 0 Å². The van der Waals surface area contributed by atoms with E-state index in [1.807, 2.05) is 18.3 Å². The maximum absolute atomic E-state index is 4.44. The number of pyridine rings is 1. The van der Waals surface area contributed by atoms with E-state index in [0.29, 0.717) is 0 Å². The van der Waals surface area contributed by atoms with Gasteiger partial charge in [-0.25, -0.2) is 4.99 Å². The van der Waals surface area contributed by atoms with Crippen molar-refractivity contribution < 1.29 is 0 Å². The van der Waals surface area contributed by atoms with E-state index in [2.05, 4.69) is 37.0 Å². The standard InChI is InChI=1S/C11H8BrN3/c12-10-3-1-2-7-8-6-13-5-4-9(8)14-11(7)15-10/h2-6H,1H2,(H,14,15). The highest BCUT2D eigenvalue weighted by Gasteiger charge is 2.02. The van der Waals surface area contributed by atoms with E-state index < -0.39 is 0 Å². The van der Waals surface area contributed by atoms with Gasteiger partial charge in [0.2, 0.25) is 0 Å². The predicted molar refractivity (Wildman–Crippen MR) is 63.0 cm³/mol. The highest BCUT2D eigenvalue weighted by atomic mass is 79.9. The Kier molecular flexibility index (Phi) is 1.95. The van der Waals surface area contributed by atoms with Crippen LogP contribution in [0, 0.1) is 0 Å². The van der Waals surface area contributed by atoms with Crippen LogP contribution in [0.1, 0.15) is 6.42 Å². The van der Waals surface area contributed by atoms with Gasteiger partial charge in [-0.15, -0.1) is 0 Å². The fourth-order valence-corrected chi connectivity index (χ4v) is 2.13. The van der Waals surface area contributed by atoms with Crippen molar-refractivity contribution >= 4 is 32.9 Å². The number of nitrogens with one attached hydrogen (secondary N) is 1. The highest BCUT2D eigenvalue weighted by molar-refractivity contribution is 9.11. The molecule has 0 aromatic carbocycles. The zero-order valence-corrected chi connectivity index (χ0v) is 9.45. The fourth-order valence-electron chi connectivity index (χ4n) is 1.76. The summed E-state index contributed by atoms with van der Waals surface area (Å²) in [7, 11) is 0. The molecule has 2 aromatic heterocycles. The number of rotatable bonds is 0. The fraction of sp³-hybridized carbons (Fsp3) is 0.0909. The average Bonchev–Trinajstić information content (AvgIpc) is 2.46. The van der Waals surface area contributed by atoms with Crippen molar-refractivity contribution in [2.75, 3.05) is 0 Å². The number of halogens is 1. The van der Waals surface area contributed by atoms with Crippen molar-refractivity contribution in [3.05, 3.63) is 39.8 Å². The normalized spacial score (nSPS) is 14.9. The molecule has 4 heteroatoms. The predicted octanol–water partition coefficient (Wildman–Crippen LogP) is 1.60. The molecule has 3 nitrogen and oxygen atoms in total. The largest absolute Gasteiger partial charge is 0.339 e. The second-order valence-corrected chi connectivity index (χ2v) is 4.20. The van der Waals surface area contributed by atoms with Gasteiger partial charge in [0, 0.05) is 23.0 Å². The van der Waals surface area contributed by atoms with Crippen molar-refractivity contribution in [1.82, 2.24) is 9.97 Å². The molecule has 3 rings (SSSR count). The van der Waals surface area contributed by atoms with Gasteiger partial charge >= 0.3 is 0 Å². The third-order valence-electron chi connectivity index (χ3n) is 2.45. The molecular weight excluding hydrogens is 254 g/mol. The van der Waals surface area contributed by atoms with Gasteiger partial charge in [0.05, 0.1) is 5.52 Å². The molecule has 0 saturated heterocycles. The summed E-state index contributed by atoms with van der Waals surface area (Å²) in [5.41, 5.74) is 1.98. The zero-order valence-electron chi connectivity index (χ0n) is 7.87. The summed E-state index contributed by atoms with van der Waals surface area (Å²) in [5.74, 6) is 0. The van der Waals surface area contributed by atoms with Gasteiger partial charge < -0.3 is 4.98 Å². The monoisotopic (exact) mass is 261 g/mol. The first kappa shape index (κ1) is 8.85. The van der Waals surface area contributed by atoms with E-state index >= 15 is 0 Å². The number of aromatic nitrogens is 2. The van der Waals surface area contributed by atoms with Gasteiger partial charge in [0.25, 0.3) is 0 Å². The van der Waals surface area contributed by atoms with Gasteiger partial charge in [-0.3, -0.25) is 4.98 Å².